The molecule has 1 amide bonds. The van der Waals surface area contributed by atoms with Gasteiger partial charge in [-0.2, -0.15) is 0 Å². The number of hydrogen-bond donors (Lipinski definition) is 1. The number of hydrogen-bond acceptors (Lipinski definition) is 5. The van der Waals surface area contributed by atoms with E-state index in [0.29, 0.717) is 12.5 Å². The Balaban J connectivity index is 1.35. The Labute approximate surface area is 167 Å². The van der Waals surface area contributed by atoms with Crippen LogP contribution in [0.1, 0.15) is 38.5 Å². The maximum absolute atomic E-state index is 12.8. The lowest BCUT2D eigenvalue weighted by Gasteiger charge is -2.32. The summed E-state index contributed by atoms with van der Waals surface area (Å²) in [4.78, 5) is 26.0. The number of aromatic nitrogens is 2. The van der Waals surface area contributed by atoms with Crippen molar-refractivity contribution in [3.05, 3.63) is 42.7 Å². The molecule has 6 heteroatoms. The van der Waals surface area contributed by atoms with Gasteiger partial charge >= 0.3 is 0 Å². The highest BCUT2D eigenvalue weighted by Crippen LogP contribution is 2.24. The van der Waals surface area contributed by atoms with Crippen LogP contribution in [0.15, 0.2) is 42.7 Å². The van der Waals surface area contributed by atoms with Crippen molar-refractivity contribution in [3.63, 3.8) is 0 Å². The Morgan fingerprint density at radius 3 is 2.29 bits per heavy atom. The van der Waals surface area contributed by atoms with Gasteiger partial charge in [0, 0.05) is 49.9 Å². The molecule has 2 saturated heterocycles. The second-order valence-corrected chi connectivity index (χ2v) is 7.77. The summed E-state index contributed by atoms with van der Waals surface area (Å²) >= 11 is 0. The number of nitrogens with zero attached hydrogens (tertiary/aromatic N) is 4. The molecule has 0 spiro atoms. The first kappa shape index (κ1) is 18.7. The Morgan fingerprint density at radius 1 is 0.893 bits per heavy atom. The molecule has 0 aliphatic carbocycles. The van der Waals surface area contributed by atoms with E-state index >= 15 is 0 Å². The van der Waals surface area contributed by atoms with Gasteiger partial charge in [-0.15, -0.1) is 0 Å². The average molecular weight is 380 g/mol. The van der Waals surface area contributed by atoms with Crippen LogP contribution in [-0.4, -0.2) is 42.1 Å². The number of benzene rings is 1. The number of nitrogens with one attached hydrogen (secondary N) is 1. The third kappa shape index (κ3) is 4.61. The second kappa shape index (κ2) is 9.04. The standard InChI is InChI=1S/C22H29N5O/c28-21(18-7-5-16-27(17-18)22-23-12-6-13-24-22)25-19-8-10-20(11-9-19)26-14-3-1-2-4-15-26/h6,8-13,18H,1-5,7,14-17H2,(H,25,28). The van der Waals surface area contributed by atoms with Crippen LogP contribution in [0.3, 0.4) is 0 Å². The molecule has 148 valence electrons. The van der Waals surface area contributed by atoms with Crippen LogP contribution in [0.4, 0.5) is 17.3 Å². The van der Waals surface area contributed by atoms with Gasteiger partial charge in [0.25, 0.3) is 0 Å². The zero-order valence-electron chi connectivity index (χ0n) is 16.4. The SMILES string of the molecule is O=C(Nc1ccc(N2CCCCCC2)cc1)C1CCCN(c2ncccn2)C1. The molecule has 0 bridgehead atoms. The van der Waals surface area contributed by atoms with Gasteiger partial charge in [0.1, 0.15) is 0 Å². The lowest BCUT2D eigenvalue weighted by Crippen LogP contribution is -2.41. The van der Waals surface area contributed by atoms with Crippen molar-refractivity contribution >= 4 is 23.2 Å². The Hall–Kier alpha value is -2.63. The van der Waals surface area contributed by atoms with Crippen LogP contribution < -0.4 is 15.1 Å². The molecule has 3 heterocycles. The van der Waals surface area contributed by atoms with Gasteiger partial charge in [-0.1, -0.05) is 12.8 Å². The van der Waals surface area contributed by atoms with Crippen molar-refractivity contribution < 1.29 is 4.79 Å². The zero-order valence-corrected chi connectivity index (χ0v) is 16.4. The molecule has 2 fully saturated rings. The normalized spacial score (nSPS) is 20.5. The van der Waals surface area contributed by atoms with E-state index in [4.69, 9.17) is 0 Å². The second-order valence-electron chi connectivity index (χ2n) is 7.77. The molecule has 0 radical (unpaired) electrons. The minimum Gasteiger partial charge on any atom is -0.372 e. The monoisotopic (exact) mass is 379 g/mol. The lowest BCUT2D eigenvalue weighted by molar-refractivity contribution is -0.120. The first-order valence-electron chi connectivity index (χ1n) is 10.5. The lowest BCUT2D eigenvalue weighted by atomic mass is 9.97. The Kier molecular flexibility index (Phi) is 6.04. The summed E-state index contributed by atoms with van der Waals surface area (Å²) in [7, 11) is 0. The summed E-state index contributed by atoms with van der Waals surface area (Å²) in [6, 6.07) is 10.1. The van der Waals surface area contributed by atoms with Gasteiger partial charge in [0.05, 0.1) is 5.92 Å². The number of rotatable bonds is 4. The fourth-order valence-corrected chi connectivity index (χ4v) is 4.16. The number of carbonyl (C=O) groups excluding carboxylic acids is 1. The van der Waals surface area contributed by atoms with E-state index in [-0.39, 0.29) is 11.8 Å². The number of anilines is 3. The number of amides is 1. The van der Waals surface area contributed by atoms with Crippen molar-refractivity contribution in [2.75, 3.05) is 41.3 Å². The van der Waals surface area contributed by atoms with E-state index in [9.17, 15) is 4.79 Å². The van der Waals surface area contributed by atoms with E-state index in [0.717, 1.165) is 38.2 Å². The van der Waals surface area contributed by atoms with E-state index in [1.165, 1.54) is 31.4 Å². The molecule has 2 aromatic rings. The molecule has 1 aromatic heterocycles. The van der Waals surface area contributed by atoms with E-state index in [2.05, 4.69) is 37.2 Å². The zero-order chi connectivity index (χ0) is 19.2. The summed E-state index contributed by atoms with van der Waals surface area (Å²) in [5.41, 5.74) is 2.13. The highest BCUT2D eigenvalue weighted by Gasteiger charge is 2.27. The molecule has 4 rings (SSSR count). The van der Waals surface area contributed by atoms with Crippen LogP contribution in [-0.2, 0) is 4.79 Å². The van der Waals surface area contributed by atoms with Gasteiger partial charge in [-0.05, 0) is 56.0 Å². The summed E-state index contributed by atoms with van der Waals surface area (Å²) in [6.07, 6.45) is 10.6. The van der Waals surface area contributed by atoms with Crippen molar-refractivity contribution in [3.8, 4) is 0 Å². The van der Waals surface area contributed by atoms with Gasteiger partial charge in [0.15, 0.2) is 0 Å². The molecule has 6 nitrogen and oxygen atoms in total. The first-order valence-corrected chi connectivity index (χ1v) is 10.5. The number of piperidine rings is 1. The van der Waals surface area contributed by atoms with Crippen LogP contribution >= 0.6 is 0 Å². The van der Waals surface area contributed by atoms with Gasteiger partial charge in [-0.3, -0.25) is 4.79 Å². The van der Waals surface area contributed by atoms with Crippen LogP contribution in [0, 0.1) is 5.92 Å². The summed E-state index contributed by atoms with van der Waals surface area (Å²) in [6.45, 7) is 3.83. The predicted octanol–water partition coefficient (Wildman–Crippen LogP) is 3.71. The molecule has 1 aromatic carbocycles. The fraction of sp³-hybridized carbons (Fsp3) is 0.500. The maximum Gasteiger partial charge on any atom is 0.229 e. The first-order chi connectivity index (χ1) is 13.8. The van der Waals surface area contributed by atoms with Gasteiger partial charge < -0.3 is 15.1 Å². The predicted molar refractivity (Wildman–Crippen MR) is 113 cm³/mol. The molecule has 28 heavy (non-hydrogen) atoms. The third-order valence-electron chi connectivity index (χ3n) is 5.73. The summed E-state index contributed by atoms with van der Waals surface area (Å²) < 4.78 is 0. The highest BCUT2D eigenvalue weighted by atomic mass is 16.1. The maximum atomic E-state index is 12.8. The van der Waals surface area contributed by atoms with Crippen molar-refractivity contribution in [2.24, 2.45) is 5.92 Å². The van der Waals surface area contributed by atoms with Crippen molar-refractivity contribution in [1.82, 2.24) is 9.97 Å². The fourth-order valence-electron chi connectivity index (χ4n) is 4.16. The molecule has 1 unspecified atom stereocenters. The minimum atomic E-state index is -0.0390. The van der Waals surface area contributed by atoms with Gasteiger partial charge in [-0.25, -0.2) is 9.97 Å². The van der Waals surface area contributed by atoms with Crippen LogP contribution in [0.2, 0.25) is 0 Å². The van der Waals surface area contributed by atoms with E-state index in [1.807, 2.05) is 18.2 Å². The highest BCUT2D eigenvalue weighted by molar-refractivity contribution is 5.93. The minimum absolute atomic E-state index is 0.0390. The molecule has 1 atom stereocenters. The van der Waals surface area contributed by atoms with Crippen molar-refractivity contribution in [2.45, 2.75) is 38.5 Å². The Morgan fingerprint density at radius 2 is 1.57 bits per heavy atom. The largest absolute Gasteiger partial charge is 0.372 e. The van der Waals surface area contributed by atoms with Crippen LogP contribution in [0.25, 0.3) is 0 Å². The number of carbonyl (C=O) groups is 1. The Bertz CT molecular complexity index is 756. The summed E-state index contributed by atoms with van der Waals surface area (Å²) in [5, 5.41) is 3.10. The average Bonchev–Trinajstić information content (AvgIpc) is 3.05. The van der Waals surface area contributed by atoms with E-state index < -0.39 is 0 Å². The van der Waals surface area contributed by atoms with Gasteiger partial charge in [0.2, 0.25) is 11.9 Å². The molecule has 2 aliphatic heterocycles. The van der Waals surface area contributed by atoms with E-state index in [1.54, 1.807) is 12.4 Å². The molecule has 2 aliphatic rings. The quantitative estimate of drug-likeness (QED) is 0.877. The topological polar surface area (TPSA) is 61.4 Å². The van der Waals surface area contributed by atoms with Crippen molar-refractivity contribution in [1.29, 1.82) is 0 Å². The third-order valence-corrected chi connectivity index (χ3v) is 5.73. The smallest absolute Gasteiger partial charge is 0.229 e. The molecule has 0 saturated carbocycles. The molecule has 1 N–H and O–H groups in total. The van der Waals surface area contributed by atoms with Crippen LogP contribution in [0.5, 0.6) is 0 Å². The summed E-state index contributed by atoms with van der Waals surface area (Å²) in [5.74, 6) is 0.757. The molecular formula is C22H29N5O. The molecular weight excluding hydrogens is 350 g/mol.